The summed E-state index contributed by atoms with van der Waals surface area (Å²) in [5.74, 6) is 2.05. The highest BCUT2D eigenvalue weighted by Crippen LogP contribution is 2.42. The molecule has 0 radical (unpaired) electrons. The minimum atomic E-state index is -3.21. The van der Waals surface area contributed by atoms with Gasteiger partial charge in [0.15, 0.2) is 0 Å². The van der Waals surface area contributed by atoms with Gasteiger partial charge in [0.2, 0.25) is 21.9 Å². The maximum absolute atomic E-state index is 11.5. The summed E-state index contributed by atoms with van der Waals surface area (Å²) < 4.78 is 31.0. The molecule has 21 heavy (non-hydrogen) atoms. The molecule has 116 valence electrons. The molecule has 1 aromatic heterocycles. The molecule has 1 saturated carbocycles. The first-order chi connectivity index (χ1) is 9.96. The average molecular weight is 312 g/mol. The normalized spacial score (nSPS) is 26.1. The number of aromatic nitrogens is 2. The molecule has 3 rings (SSSR count). The monoisotopic (exact) mass is 312 g/mol. The SMILES string of the molecule is COc1ccnc(N2C[C@@H](NS(C)(=O)=O)[C@H](C3CC3)C2)n1. The molecule has 2 fully saturated rings. The Balaban J connectivity index is 1.78. The standard InChI is InChI=1S/C13H20N4O3S/c1-20-12-5-6-14-13(15-12)17-7-10(9-3-4-9)11(8-17)16-21(2,18)19/h5-6,9-11,16H,3-4,7-8H2,1-2H3/t10-,11+/m0/s1. The fraction of sp³-hybridized carbons (Fsp3) is 0.692. The van der Waals surface area contributed by atoms with Crippen molar-refractivity contribution in [2.45, 2.75) is 18.9 Å². The zero-order valence-corrected chi connectivity index (χ0v) is 13.0. The maximum atomic E-state index is 11.5. The van der Waals surface area contributed by atoms with Crippen molar-refractivity contribution in [3.05, 3.63) is 12.3 Å². The number of sulfonamides is 1. The van der Waals surface area contributed by atoms with Crippen LogP contribution in [0.4, 0.5) is 5.95 Å². The predicted octanol–water partition coefficient (Wildman–Crippen LogP) is 0.249. The molecule has 1 aliphatic carbocycles. The lowest BCUT2D eigenvalue weighted by atomic mass is 9.99. The molecule has 2 heterocycles. The second-order valence-corrected chi connectivity index (χ2v) is 7.58. The van der Waals surface area contributed by atoms with Crippen molar-refractivity contribution >= 4 is 16.0 Å². The van der Waals surface area contributed by atoms with Gasteiger partial charge < -0.3 is 9.64 Å². The molecule has 8 heteroatoms. The molecule has 1 N–H and O–H groups in total. The first-order valence-electron chi connectivity index (χ1n) is 7.05. The van der Waals surface area contributed by atoms with E-state index in [1.807, 2.05) is 4.90 Å². The second kappa shape index (κ2) is 5.42. The molecule has 2 aliphatic rings. The Morgan fingerprint density at radius 2 is 2.14 bits per heavy atom. The van der Waals surface area contributed by atoms with Gasteiger partial charge in [-0.1, -0.05) is 0 Å². The Labute approximate surface area is 124 Å². The highest BCUT2D eigenvalue weighted by atomic mass is 32.2. The summed E-state index contributed by atoms with van der Waals surface area (Å²) >= 11 is 0. The van der Waals surface area contributed by atoms with Gasteiger partial charge >= 0.3 is 0 Å². The molecule has 0 unspecified atom stereocenters. The van der Waals surface area contributed by atoms with Crippen LogP contribution in [-0.2, 0) is 10.0 Å². The van der Waals surface area contributed by atoms with E-state index in [0.717, 1.165) is 6.54 Å². The van der Waals surface area contributed by atoms with Crippen LogP contribution in [0.15, 0.2) is 12.3 Å². The van der Waals surface area contributed by atoms with E-state index in [0.29, 0.717) is 30.2 Å². The van der Waals surface area contributed by atoms with E-state index in [1.54, 1.807) is 19.4 Å². The second-order valence-electron chi connectivity index (χ2n) is 5.80. The van der Waals surface area contributed by atoms with Crippen molar-refractivity contribution in [1.82, 2.24) is 14.7 Å². The van der Waals surface area contributed by atoms with Crippen LogP contribution in [0, 0.1) is 11.8 Å². The molecule has 0 spiro atoms. The summed E-state index contributed by atoms with van der Waals surface area (Å²) in [5.41, 5.74) is 0. The predicted molar refractivity (Wildman–Crippen MR) is 78.8 cm³/mol. The Morgan fingerprint density at radius 1 is 1.38 bits per heavy atom. The number of rotatable bonds is 5. The first-order valence-corrected chi connectivity index (χ1v) is 8.94. The number of hydrogen-bond donors (Lipinski definition) is 1. The van der Waals surface area contributed by atoms with Gasteiger partial charge in [-0.05, 0) is 24.7 Å². The topological polar surface area (TPSA) is 84.4 Å². The number of anilines is 1. The van der Waals surface area contributed by atoms with Crippen LogP contribution in [-0.4, -0.2) is 50.9 Å². The Bertz CT molecular complexity index is 618. The van der Waals surface area contributed by atoms with Gasteiger partial charge in [-0.25, -0.2) is 18.1 Å². The van der Waals surface area contributed by atoms with Gasteiger partial charge in [0.25, 0.3) is 0 Å². The van der Waals surface area contributed by atoms with Crippen LogP contribution in [0.25, 0.3) is 0 Å². The highest BCUT2D eigenvalue weighted by Gasteiger charge is 2.44. The molecule has 0 amide bonds. The van der Waals surface area contributed by atoms with Gasteiger partial charge in [-0.2, -0.15) is 4.98 Å². The van der Waals surface area contributed by atoms with Crippen molar-refractivity contribution in [1.29, 1.82) is 0 Å². The summed E-state index contributed by atoms with van der Waals surface area (Å²) in [7, 11) is -1.64. The lowest BCUT2D eigenvalue weighted by Crippen LogP contribution is -2.40. The van der Waals surface area contributed by atoms with Crippen molar-refractivity contribution < 1.29 is 13.2 Å². The van der Waals surface area contributed by atoms with Gasteiger partial charge in [0, 0.05) is 31.4 Å². The third kappa shape index (κ3) is 3.44. The van der Waals surface area contributed by atoms with Crippen LogP contribution in [0.3, 0.4) is 0 Å². The van der Waals surface area contributed by atoms with Gasteiger partial charge in [-0.15, -0.1) is 0 Å². The zero-order valence-electron chi connectivity index (χ0n) is 12.2. The van der Waals surface area contributed by atoms with Crippen molar-refractivity contribution in [2.24, 2.45) is 11.8 Å². The Hall–Kier alpha value is -1.41. The maximum Gasteiger partial charge on any atom is 0.228 e. The van der Waals surface area contributed by atoms with Crippen LogP contribution in [0.2, 0.25) is 0 Å². The van der Waals surface area contributed by atoms with Gasteiger partial charge in [0.1, 0.15) is 0 Å². The third-order valence-corrected chi connectivity index (χ3v) is 4.80. The van der Waals surface area contributed by atoms with Gasteiger partial charge in [0.05, 0.1) is 13.4 Å². The first kappa shape index (κ1) is 14.5. The summed E-state index contributed by atoms with van der Waals surface area (Å²) in [6.45, 7) is 1.38. The number of hydrogen-bond acceptors (Lipinski definition) is 6. The fourth-order valence-electron chi connectivity index (χ4n) is 2.99. The summed E-state index contributed by atoms with van der Waals surface area (Å²) in [6.07, 6.45) is 5.23. The number of nitrogens with zero attached hydrogens (tertiary/aromatic N) is 3. The lowest BCUT2D eigenvalue weighted by molar-refractivity contribution is 0.396. The smallest absolute Gasteiger partial charge is 0.228 e. The zero-order chi connectivity index (χ0) is 15.0. The molecule has 1 aliphatic heterocycles. The van der Waals surface area contributed by atoms with E-state index in [9.17, 15) is 8.42 Å². The quantitative estimate of drug-likeness (QED) is 0.839. The summed E-state index contributed by atoms with van der Waals surface area (Å²) in [5, 5.41) is 0. The van der Waals surface area contributed by atoms with E-state index in [2.05, 4.69) is 14.7 Å². The molecule has 2 atom stereocenters. The van der Waals surface area contributed by atoms with Crippen molar-refractivity contribution in [3.8, 4) is 5.88 Å². The molecular formula is C13H20N4O3S. The van der Waals surface area contributed by atoms with E-state index in [-0.39, 0.29) is 6.04 Å². The number of ether oxygens (including phenoxy) is 1. The van der Waals surface area contributed by atoms with Crippen molar-refractivity contribution in [2.75, 3.05) is 31.4 Å². The molecule has 1 saturated heterocycles. The average Bonchev–Trinajstić information content (AvgIpc) is 3.19. The van der Waals surface area contributed by atoms with Crippen LogP contribution >= 0.6 is 0 Å². The third-order valence-electron chi connectivity index (χ3n) is 4.07. The minimum absolute atomic E-state index is 0.0673. The Kier molecular flexibility index (Phi) is 3.75. The van der Waals surface area contributed by atoms with E-state index in [4.69, 9.17) is 4.74 Å². The van der Waals surface area contributed by atoms with Gasteiger partial charge in [-0.3, -0.25) is 0 Å². The molecule has 1 aromatic rings. The lowest BCUT2D eigenvalue weighted by Gasteiger charge is -2.17. The van der Waals surface area contributed by atoms with Crippen LogP contribution < -0.4 is 14.4 Å². The van der Waals surface area contributed by atoms with E-state index >= 15 is 0 Å². The van der Waals surface area contributed by atoms with Crippen LogP contribution in [0.1, 0.15) is 12.8 Å². The van der Waals surface area contributed by atoms with E-state index in [1.165, 1.54) is 19.1 Å². The largest absolute Gasteiger partial charge is 0.481 e. The number of methoxy groups -OCH3 is 1. The summed E-state index contributed by atoms with van der Waals surface area (Å²) in [6, 6.07) is 1.63. The molecule has 0 bridgehead atoms. The van der Waals surface area contributed by atoms with Crippen LogP contribution in [0.5, 0.6) is 5.88 Å². The molecule has 0 aromatic carbocycles. The molecule has 7 nitrogen and oxygen atoms in total. The summed E-state index contributed by atoms with van der Waals surface area (Å²) in [4.78, 5) is 10.6. The fourth-order valence-corrected chi connectivity index (χ4v) is 3.79. The molecular weight excluding hydrogens is 292 g/mol. The minimum Gasteiger partial charge on any atom is -0.481 e. The van der Waals surface area contributed by atoms with E-state index < -0.39 is 10.0 Å². The van der Waals surface area contributed by atoms with Crippen molar-refractivity contribution in [3.63, 3.8) is 0 Å². The Morgan fingerprint density at radius 3 is 2.76 bits per heavy atom. The number of nitrogens with one attached hydrogen (secondary N) is 1. The highest BCUT2D eigenvalue weighted by molar-refractivity contribution is 7.88.